The van der Waals surface area contributed by atoms with Gasteiger partial charge in [0.05, 0.1) is 16.1 Å². The lowest BCUT2D eigenvalue weighted by molar-refractivity contribution is 0.457. The predicted octanol–water partition coefficient (Wildman–Crippen LogP) is 3.88. The molecule has 27 heavy (non-hydrogen) atoms. The molecule has 9 heteroatoms. The van der Waals surface area contributed by atoms with Crippen molar-refractivity contribution in [2.45, 2.75) is 4.90 Å². The van der Waals surface area contributed by atoms with Crippen LogP contribution in [0.3, 0.4) is 0 Å². The van der Waals surface area contributed by atoms with Gasteiger partial charge in [-0.2, -0.15) is 0 Å². The Labute approximate surface area is 159 Å². The summed E-state index contributed by atoms with van der Waals surface area (Å²) in [4.78, 5) is 11.2. The van der Waals surface area contributed by atoms with E-state index in [1.54, 1.807) is 23.7 Å². The molecule has 0 spiro atoms. The number of sulfonamides is 1. The van der Waals surface area contributed by atoms with Gasteiger partial charge in [0.2, 0.25) is 0 Å². The van der Waals surface area contributed by atoms with E-state index in [0.29, 0.717) is 16.4 Å². The average molecular weight is 398 g/mol. The van der Waals surface area contributed by atoms with Crippen LogP contribution in [0.4, 0.5) is 10.8 Å². The second kappa shape index (κ2) is 6.86. The number of aromatic hydroxyl groups is 1. The standard InChI is InChI=1S/C18H14N4O3S2/c23-17-15(14-3-1-2-4-16(14)21-17)11-20-12-5-7-13(8-6-12)27(24,25)22-18-19-9-10-26-18/h1-11,21,23H,(H,19,22). The number of para-hydroxylation sites is 1. The van der Waals surface area contributed by atoms with Crippen LogP contribution in [0.1, 0.15) is 5.56 Å². The van der Waals surface area contributed by atoms with Crippen molar-refractivity contribution in [1.29, 1.82) is 0 Å². The number of thiazole rings is 1. The fourth-order valence-corrected chi connectivity index (χ4v) is 4.37. The summed E-state index contributed by atoms with van der Waals surface area (Å²) in [6.45, 7) is 0. The Morgan fingerprint density at radius 2 is 1.93 bits per heavy atom. The zero-order chi connectivity index (χ0) is 18.9. The molecule has 136 valence electrons. The van der Waals surface area contributed by atoms with E-state index in [0.717, 1.165) is 10.9 Å². The van der Waals surface area contributed by atoms with Crippen molar-refractivity contribution in [3.63, 3.8) is 0 Å². The quantitative estimate of drug-likeness (QED) is 0.443. The fraction of sp³-hybridized carbons (Fsp3) is 0. The van der Waals surface area contributed by atoms with Gasteiger partial charge in [-0.05, 0) is 30.3 Å². The van der Waals surface area contributed by atoms with Gasteiger partial charge < -0.3 is 10.1 Å². The summed E-state index contributed by atoms with van der Waals surface area (Å²) in [5, 5.41) is 12.9. The molecule has 0 aliphatic heterocycles. The number of anilines is 1. The molecule has 0 radical (unpaired) electrons. The highest BCUT2D eigenvalue weighted by atomic mass is 32.2. The number of hydrogen-bond acceptors (Lipinski definition) is 6. The van der Waals surface area contributed by atoms with Gasteiger partial charge in [-0.15, -0.1) is 11.3 Å². The first-order valence-corrected chi connectivity index (χ1v) is 10.3. The number of aromatic nitrogens is 2. The molecular weight excluding hydrogens is 384 g/mol. The maximum Gasteiger partial charge on any atom is 0.263 e. The van der Waals surface area contributed by atoms with Crippen LogP contribution in [-0.4, -0.2) is 29.7 Å². The average Bonchev–Trinajstić information content (AvgIpc) is 3.27. The summed E-state index contributed by atoms with van der Waals surface area (Å²) >= 11 is 1.20. The van der Waals surface area contributed by atoms with Crippen LogP contribution in [-0.2, 0) is 10.0 Å². The van der Waals surface area contributed by atoms with E-state index >= 15 is 0 Å². The number of aromatic amines is 1. The number of rotatable bonds is 5. The van der Waals surface area contributed by atoms with E-state index in [9.17, 15) is 13.5 Å². The summed E-state index contributed by atoms with van der Waals surface area (Å²) < 4.78 is 27.1. The predicted molar refractivity (Wildman–Crippen MR) is 107 cm³/mol. The molecule has 2 aromatic carbocycles. The lowest BCUT2D eigenvalue weighted by atomic mass is 10.2. The number of nitrogens with one attached hydrogen (secondary N) is 2. The molecule has 2 heterocycles. The Morgan fingerprint density at radius 1 is 1.15 bits per heavy atom. The minimum Gasteiger partial charge on any atom is -0.494 e. The zero-order valence-corrected chi connectivity index (χ0v) is 15.5. The van der Waals surface area contributed by atoms with Crippen LogP contribution < -0.4 is 4.72 Å². The molecule has 0 fully saturated rings. The van der Waals surface area contributed by atoms with E-state index in [-0.39, 0.29) is 10.8 Å². The monoisotopic (exact) mass is 398 g/mol. The largest absolute Gasteiger partial charge is 0.494 e. The molecule has 0 unspecified atom stereocenters. The first-order chi connectivity index (χ1) is 13.0. The van der Waals surface area contributed by atoms with Gasteiger partial charge in [0.1, 0.15) is 0 Å². The molecule has 4 rings (SSSR count). The van der Waals surface area contributed by atoms with E-state index < -0.39 is 10.0 Å². The third-order valence-corrected chi connectivity index (χ3v) is 6.04. The molecule has 0 saturated heterocycles. The van der Waals surface area contributed by atoms with Gasteiger partial charge in [0.15, 0.2) is 11.0 Å². The lowest BCUT2D eigenvalue weighted by Gasteiger charge is -2.05. The Hall–Kier alpha value is -3.17. The highest BCUT2D eigenvalue weighted by Gasteiger charge is 2.15. The molecule has 0 saturated carbocycles. The molecule has 0 aliphatic carbocycles. The highest BCUT2D eigenvalue weighted by molar-refractivity contribution is 7.93. The van der Waals surface area contributed by atoms with Gasteiger partial charge in [-0.3, -0.25) is 9.71 Å². The van der Waals surface area contributed by atoms with Gasteiger partial charge in [0.25, 0.3) is 10.0 Å². The lowest BCUT2D eigenvalue weighted by Crippen LogP contribution is -2.12. The molecule has 7 nitrogen and oxygen atoms in total. The van der Waals surface area contributed by atoms with Crippen LogP contribution in [0.15, 0.2) is 70.0 Å². The maximum atomic E-state index is 12.3. The summed E-state index contributed by atoms with van der Waals surface area (Å²) in [5.74, 6) is 0.0341. The van der Waals surface area contributed by atoms with Crippen molar-refractivity contribution < 1.29 is 13.5 Å². The van der Waals surface area contributed by atoms with Gasteiger partial charge in [0, 0.05) is 28.7 Å². The Balaban J connectivity index is 1.57. The second-order valence-corrected chi connectivity index (χ2v) is 8.20. The molecule has 0 bridgehead atoms. The summed E-state index contributed by atoms with van der Waals surface area (Å²) in [5.41, 5.74) is 1.95. The van der Waals surface area contributed by atoms with Crippen molar-refractivity contribution in [3.05, 3.63) is 65.7 Å². The smallest absolute Gasteiger partial charge is 0.263 e. The van der Waals surface area contributed by atoms with Gasteiger partial charge in [-0.1, -0.05) is 18.2 Å². The van der Waals surface area contributed by atoms with E-state index in [1.165, 1.54) is 29.7 Å². The number of benzene rings is 2. The molecule has 0 amide bonds. The Bertz CT molecular complexity index is 1210. The topological polar surface area (TPSA) is 107 Å². The van der Waals surface area contributed by atoms with Crippen molar-refractivity contribution in [3.8, 4) is 5.88 Å². The minimum atomic E-state index is -3.69. The number of fused-ring (bicyclic) bond motifs is 1. The van der Waals surface area contributed by atoms with Crippen LogP contribution in [0.5, 0.6) is 5.88 Å². The fourth-order valence-electron chi connectivity index (χ4n) is 2.58. The second-order valence-electron chi connectivity index (χ2n) is 5.63. The van der Waals surface area contributed by atoms with Crippen LogP contribution in [0.2, 0.25) is 0 Å². The SMILES string of the molecule is O=S(=O)(Nc1nccs1)c1ccc(N=Cc2c(O)[nH]c3ccccc23)cc1. The van der Waals surface area contributed by atoms with Crippen LogP contribution >= 0.6 is 11.3 Å². The van der Waals surface area contributed by atoms with Crippen molar-refractivity contribution in [2.24, 2.45) is 4.99 Å². The summed E-state index contributed by atoms with van der Waals surface area (Å²) in [6, 6.07) is 13.6. The number of nitrogens with zero attached hydrogens (tertiary/aromatic N) is 2. The Kier molecular flexibility index (Phi) is 4.38. The molecule has 0 atom stereocenters. The van der Waals surface area contributed by atoms with Crippen LogP contribution in [0, 0.1) is 0 Å². The molecule has 0 aliphatic rings. The van der Waals surface area contributed by atoms with E-state index in [1.807, 2.05) is 24.3 Å². The minimum absolute atomic E-state index is 0.0341. The van der Waals surface area contributed by atoms with Crippen molar-refractivity contribution in [2.75, 3.05) is 4.72 Å². The van der Waals surface area contributed by atoms with E-state index in [4.69, 9.17) is 0 Å². The first-order valence-electron chi connectivity index (χ1n) is 7.89. The summed E-state index contributed by atoms with van der Waals surface area (Å²) in [6.07, 6.45) is 3.08. The van der Waals surface area contributed by atoms with Gasteiger partial charge in [-0.25, -0.2) is 13.4 Å². The molecular formula is C18H14N4O3S2. The number of hydrogen-bond donors (Lipinski definition) is 3. The molecule has 3 N–H and O–H groups in total. The van der Waals surface area contributed by atoms with Gasteiger partial charge >= 0.3 is 0 Å². The normalized spacial score (nSPS) is 12.0. The Morgan fingerprint density at radius 3 is 2.67 bits per heavy atom. The number of H-pyrrole nitrogens is 1. The van der Waals surface area contributed by atoms with Crippen molar-refractivity contribution >= 4 is 49.3 Å². The third kappa shape index (κ3) is 3.55. The highest BCUT2D eigenvalue weighted by Crippen LogP contribution is 2.26. The third-order valence-electron chi connectivity index (χ3n) is 3.87. The molecule has 2 aromatic heterocycles. The maximum absolute atomic E-state index is 12.3. The summed E-state index contributed by atoms with van der Waals surface area (Å²) in [7, 11) is -3.69. The molecule has 4 aromatic rings. The van der Waals surface area contributed by atoms with Crippen LogP contribution in [0.25, 0.3) is 10.9 Å². The number of aliphatic imine (C=N–C) groups is 1. The first kappa shape index (κ1) is 17.3. The van der Waals surface area contributed by atoms with Crippen molar-refractivity contribution in [1.82, 2.24) is 9.97 Å². The zero-order valence-electron chi connectivity index (χ0n) is 13.8. The van der Waals surface area contributed by atoms with E-state index in [2.05, 4.69) is 19.7 Å².